The van der Waals surface area contributed by atoms with E-state index in [9.17, 15) is 4.79 Å². The Morgan fingerprint density at radius 3 is 3.06 bits per heavy atom. The predicted molar refractivity (Wildman–Crippen MR) is 68.9 cm³/mol. The van der Waals surface area contributed by atoms with E-state index in [1.165, 1.54) is 25.6 Å². The largest absolute Gasteiger partial charge is 0.391 e. The zero-order chi connectivity index (χ0) is 12.3. The highest BCUT2D eigenvalue weighted by Crippen LogP contribution is 2.29. The molecular weight excluding hydrogens is 216 g/mol. The molecule has 1 aliphatic rings. The molecule has 1 aliphatic carbocycles. The molecule has 5 heteroatoms. The number of H-pyrrole nitrogens is 1. The van der Waals surface area contributed by atoms with Crippen LogP contribution < -0.4 is 16.6 Å². The van der Waals surface area contributed by atoms with Crippen LogP contribution >= 0.6 is 0 Å². The minimum Gasteiger partial charge on any atom is -0.391 e. The van der Waals surface area contributed by atoms with Crippen molar-refractivity contribution in [1.29, 1.82) is 0 Å². The van der Waals surface area contributed by atoms with Gasteiger partial charge in [-0.2, -0.15) is 0 Å². The molecule has 2 unspecified atom stereocenters. The molecule has 1 heterocycles. The van der Waals surface area contributed by atoms with Crippen LogP contribution in [0.3, 0.4) is 0 Å². The summed E-state index contributed by atoms with van der Waals surface area (Å²) in [5.41, 5.74) is 5.63. The van der Waals surface area contributed by atoms with Crippen molar-refractivity contribution in [2.75, 3.05) is 11.1 Å². The molecule has 0 amide bonds. The van der Waals surface area contributed by atoms with Gasteiger partial charge < -0.3 is 16.0 Å². The summed E-state index contributed by atoms with van der Waals surface area (Å²) in [5, 5.41) is 3.33. The fourth-order valence-corrected chi connectivity index (χ4v) is 2.59. The summed E-state index contributed by atoms with van der Waals surface area (Å²) in [4.78, 5) is 18.0. The lowest BCUT2D eigenvalue weighted by Crippen LogP contribution is -2.33. The molecule has 0 bridgehead atoms. The maximum Gasteiger partial charge on any atom is 0.276 e. The fourth-order valence-electron chi connectivity index (χ4n) is 2.59. The lowest BCUT2D eigenvalue weighted by Gasteiger charge is -2.32. The molecule has 2 rings (SSSR count). The van der Waals surface area contributed by atoms with Gasteiger partial charge in [0.25, 0.3) is 5.56 Å². The highest BCUT2D eigenvalue weighted by Gasteiger charge is 2.24. The van der Waals surface area contributed by atoms with Gasteiger partial charge in [0, 0.05) is 6.04 Å². The van der Waals surface area contributed by atoms with Crippen molar-refractivity contribution in [2.24, 2.45) is 5.92 Å². The van der Waals surface area contributed by atoms with Crippen molar-refractivity contribution in [3.05, 3.63) is 16.7 Å². The fraction of sp³-hybridized carbons (Fsp3) is 0.667. The maximum absolute atomic E-state index is 11.4. The van der Waals surface area contributed by atoms with Crippen LogP contribution in [0.15, 0.2) is 11.1 Å². The van der Waals surface area contributed by atoms with Gasteiger partial charge in [-0.3, -0.25) is 4.79 Å². The third-order valence-electron chi connectivity index (χ3n) is 3.64. The Hall–Kier alpha value is -1.52. The number of anilines is 2. The van der Waals surface area contributed by atoms with E-state index >= 15 is 0 Å². The van der Waals surface area contributed by atoms with E-state index in [-0.39, 0.29) is 11.2 Å². The van der Waals surface area contributed by atoms with Crippen molar-refractivity contribution in [3.63, 3.8) is 0 Å². The van der Waals surface area contributed by atoms with Crippen LogP contribution in [0.25, 0.3) is 0 Å². The Bertz CT molecular complexity index is 429. The number of aromatic amines is 1. The number of hydrogen-bond acceptors (Lipinski definition) is 4. The lowest BCUT2D eigenvalue weighted by atomic mass is 9.83. The van der Waals surface area contributed by atoms with E-state index in [1.54, 1.807) is 0 Å². The molecular formula is C12H20N4O. The van der Waals surface area contributed by atoms with E-state index in [4.69, 9.17) is 5.73 Å². The maximum atomic E-state index is 11.4. The molecule has 17 heavy (non-hydrogen) atoms. The smallest absolute Gasteiger partial charge is 0.276 e. The van der Waals surface area contributed by atoms with Crippen LogP contribution in [0.4, 0.5) is 11.5 Å². The average Bonchev–Trinajstić information content (AvgIpc) is 2.35. The van der Waals surface area contributed by atoms with Gasteiger partial charge in [-0.25, -0.2) is 4.98 Å². The van der Waals surface area contributed by atoms with Gasteiger partial charge >= 0.3 is 0 Å². The Balaban J connectivity index is 2.13. The van der Waals surface area contributed by atoms with Gasteiger partial charge in [-0.1, -0.05) is 26.2 Å². The molecule has 1 aromatic heterocycles. The summed E-state index contributed by atoms with van der Waals surface area (Å²) in [6.07, 6.45) is 7.46. The summed E-state index contributed by atoms with van der Waals surface area (Å²) in [7, 11) is 0. The van der Waals surface area contributed by atoms with Crippen LogP contribution in [0, 0.1) is 5.92 Å². The van der Waals surface area contributed by atoms with Gasteiger partial charge in [-0.15, -0.1) is 0 Å². The van der Waals surface area contributed by atoms with Gasteiger partial charge in [0.15, 0.2) is 5.82 Å². The third-order valence-corrected chi connectivity index (χ3v) is 3.64. The molecule has 5 nitrogen and oxygen atoms in total. The van der Waals surface area contributed by atoms with E-state index in [2.05, 4.69) is 22.2 Å². The SMILES string of the molecule is CCC1CCCCC1Nc1nc[nH]c(=O)c1N. The van der Waals surface area contributed by atoms with Crippen LogP contribution in [0.1, 0.15) is 39.0 Å². The van der Waals surface area contributed by atoms with Gasteiger partial charge in [0.2, 0.25) is 0 Å². The first kappa shape index (κ1) is 12.0. The summed E-state index contributed by atoms with van der Waals surface area (Å²) >= 11 is 0. The topological polar surface area (TPSA) is 83.8 Å². The first-order valence-corrected chi connectivity index (χ1v) is 6.32. The Labute approximate surface area is 101 Å². The first-order valence-electron chi connectivity index (χ1n) is 6.32. The number of nitrogen functional groups attached to an aromatic ring is 1. The van der Waals surface area contributed by atoms with Crippen LogP contribution in [-0.4, -0.2) is 16.0 Å². The number of hydrogen-bond donors (Lipinski definition) is 3. The molecule has 0 radical (unpaired) electrons. The number of rotatable bonds is 3. The van der Waals surface area contributed by atoms with Crippen LogP contribution in [0.5, 0.6) is 0 Å². The minimum absolute atomic E-state index is 0.188. The summed E-state index contributed by atoms with van der Waals surface area (Å²) in [6, 6.07) is 0.394. The van der Waals surface area contributed by atoms with E-state index < -0.39 is 0 Å². The monoisotopic (exact) mass is 236 g/mol. The number of nitrogens with two attached hydrogens (primary N) is 1. The van der Waals surface area contributed by atoms with Crippen molar-refractivity contribution in [2.45, 2.75) is 45.1 Å². The number of nitrogens with one attached hydrogen (secondary N) is 2. The van der Waals surface area contributed by atoms with Gasteiger partial charge in [-0.05, 0) is 18.8 Å². The Morgan fingerprint density at radius 1 is 1.53 bits per heavy atom. The van der Waals surface area contributed by atoms with Crippen molar-refractivity contribution >= 4 is 11.5 Å². The Kier molecular flexibility index (Phi) is 3.66. The van der Waals surface area contributed by atoms with Crippen LogP contribution in [-0.2, 0) is 0 Å². The normalized spacial score (nSPS) is 24.5. The molecule has 4 N–H and O–H groups in total. The lowest BCUT2D eigenvalue weighted by molar-refractivity contribution is 0.317. The molecule has 1 aromatic rings. The second-order valence-electron chi connectivity index (χ2n) is 4.70. The van der Waals surface area contributed by atoms with Crippen molar-refractivity contribution < 1.29 is 0 Å². The number of aromatic nitrogens is 2. The molecule has 1 saturated carbocycles. The van der Waals surface area contributed by atoms with E-state index in [0.29, 0.717) is 17.8 Å². The van der Waals surface area contributed by atoms with Gasteiger partial charge in [0.05, 0.1) is 6.33 Å². The summed E-state index contributed by atoms with van der Waals surface area (Å²) in [5.74, 6) is 1.18. The molecule has 0 aliphatic heterocycles. The average molecular weight is 236 g/mol. The van der Waals surface area contributed by atoms with Crippen molar-refractivity contribution in [3.8, 4) is 0 Å². The Morgan fingerprint density at radius 2 is 2.29 bits per heavy atom. The molecule has 0 spiro atoms. The molecule has 2 atom stereocenters. The van der Waals surface area contributed by atoms with Gasteiger partial charge in [0.1, 0.15) is 5.69 Å². The second kappa shape index (κ2) is 5.21. The van der Waals surface area contributed by atoms with E-state index in [0.717, 1.165) is 12.8 Å². The molecule has 94 valence electrons. The molecule has 1 fully saturated rings. The van der Waals surface area contributed by atoms with Crippen molar-refractivity contribution in [1.82, 2.24) is 9.97 Å². The molecule has 0 aromatic carbocycles. The summed E-state index contributed by atoms with van der Waals surface area (Å²) in [6.45, 7) is 2.21. The first-order chi connectivity index (χ1) is 8.22. The van der Waals surface area contributed by atoms with E-state index in [1.807, 2.05) is 0 Å². The summed E-state index contributed by atoms with van der Waals surface area (Å²) < 4.78 is 0. The third kappa shape index (κ3) is 2.60. The highest BCUT2D eigenvalue weighted by atomic mass is 16.1. The number of nitrogens with zero attached hydrogens (tertiary/aromatic N) is 1. The van der Waals surface area contributed by atoms with Crippen LogP contribution in [0.2, 0.25) is 0 Å². The highest BCUT2D eigenvalue weighted by molar-refractivity contribution is 5.59. The standard InChI is InChI=1S/C12H20N4O/c1-2-8-5-3-4-6-9(8)16-11-10(13)12(17)15-7-14-11/h7-9H,2-6,13H2,1H3,(H2,14,15,16,17). The zero-order valence-corrected chi connectivity index (χ0v) is 10.2. The minimum atomic E-state index is -0.272. The molecule has 0 saturated heterocycles. The second-order valence-corrected chi connectivity index (χ2v) is 4.70. The zero-order valence-electron chi connectivity index (χ0n) is 10.2. The predicted octanol–water partition coefficient (Wildman–Crippen LogP) is 1.73. The quantitative estimate of drug-likeness (QED) is 0.746.